The second kappa shape index (κ2) is 7.55. The molecule has 0 fully saturated rings. The minimum Gasteiger partial charge on any atom is -0.456 e. The van der Waals surface area contributed by atoms with Gasteiger partial charge in [0.2, 0.25) is 0 Å². The number of halogens is 3. The van der Waals surface area contributed by atoms with Gasteiger partial charge >= 0.3 is 6.18 Å². The Labute approximate surface area is 169 Å². The minimum absolute atomic E-state index is 0.314. The largest absolute Gasteiger partial charge is 0.456 e. The number of carbonyl (C=O) groups excluding carboxylic acids is 1. The maximum atomic E-state index is 13.2. The van der Waals surface area contributed by atoms with Gasteiger partial charge in [-0.2, -0.15) is 13.2 Å². The van der Waals surface area contributed by atoms with Crippen LogP contribution in [0, 0.1) is 6.92 Å². The summed E-state index contributed by atoms with van der Waals surface area (Å²) in [5.74, 6) is 0.120. The topological polar surface area (TPSA) is 55.6 Å². The highest BCUT2D eigenvalue weighted by Crippen LogP contribution is 2.32. The van der Waals surface area contributed by atoms with E-state index >= 15 is 0 Å². The van der Waals surface area contributed by atoms with Crippen LogP contribution in [0.4, 0.5) is 18.9 Å². The average Bonchev–Trinajstić information content (AvgIpc) is 3.07. The van der Waals surface area contributed by atoms with Crippen molar-refractivity contribution in [3.05, 3.63) is 89.9 Å². The molecule has 2 heterocycles. The number of nitrogens with zero attached hydrogens (tertiary/aromatic N) is 2. The van der Waals surface area contributed by atoms with Crippen molar-refractivity contribution in [1.29, 1.82) is 0 Å². The lowest BCUT2D eigenvalue weighted by Crippen LogP contribution is -2.18. The first kappa shape index (κ1) is 19.5. The number of fused-ring (bicyclic) bond motifs is 1. The van der Waals surface area contributed by atoms with Gasteiger partial charge in [-0.15, -0.1) is 0 Å². The number of rotatable bonds is 4. The van der Waals surface area contributed by atoms with Gasteiger partial charge < -0.3 is 14.5 Å². The standard InChI is InChI=1S/C22H16F3N3O2/c1-14-12-28-13-17(9-10-20(28)26-14)30-16-6-4-5-15(11-16)27-21(29)18-7-2-3-8-19(18)22(23,24)25/h2-13H,1H3,(H,27,29). The summed E-state index contributed by atoms with van der Waals surface area (Å²) < 4.78 is 47.1. The molecule has 2 aromatic carbocycles. The number of imidazole rings is 1. The number of nitrogens with one attached hydrogen (secondary N) is 1. The first-order valence-electron chi connectivity index (χ1n) is 9.00. The number of aromatic nitrogens is 2. The number of hydrogen-bond acceptors (Lipinski definition) is 3. The number of anilines is 1. The number of carbonyl (C=O) groups is 1. The third kappa shape index (κ3) is 4.12. The Morgan fingerprint density at radius 3 is 2.60 bits per heavy atom. The number of benzene rings is 2. The molecule has 152 valence electrons. The molecule has 1 amide bonds. The lowest BCUT2D eigenvalue weighted by Gasteiger charge is -2.13. The van der Waals surface area contributed by atoms with Crippen molar-refractivity contribution in [1.82, 2.24) is 9.38 Å². The van der Waals surface area contributed by atoms with Crippen LogP contribution < -0.4 is 10.1 Å². The third-order valence-corrected chi connectivity index (χ3v) is 4.35. The van der Waals surface area contributed by atoms with Crippen molar-refractivity contribution in [2.75, 3.05) is 5.32 Å². The molecule has 0 saturated heterocycles. The van der Waals surface area contributed by atoms with Gasteiger partial charge in [-0.3, -0.25) is 4.79 Å². The molecule has 8 heteroatoms. The van der Waals surface area contributed by atoms with E-state index in [2.05, 4.69) is 10.3 Å². The van der Waals surface area contributed by atoms with Crippen LogP contribution in [0.2, 0.25) is 0 Å². The molecular formula is C22H16F3N3O2. The van der Waals surface area contributed by atoms with Crippen LogP contribution in [0.5, 0.6) is 11.5 Å². The predicted octanol–water partition coefficient (Wildman–Crippen LogP) is 5.71. The molecule has 0 radical (unpaired) electrons. The summed E-state index contributed by atoms with van der Waals surface area (Å²) in [5, 5.41) is 2.50. The number of ether oxygens (including phenoxy) is 1. The molecule has 0 aliphatic carbocycles. The van der Waals surface area contributed by atoms with Crippen molar-refractivity contribution in [2.24, 2.45) is 0 Å². The van der Waals surface area contributed by atoms with Crippen molar-refractivity contribution >= 4 is 17.2 Å². The molecule has 4 rings (SSSR count). The number of pyridine rings is 1. The molecule has 1 N–H and O–H groups in total. The van der Waals surface area contributed by atoms with E-state index in [1.54, 1.807) is 30.5 Å². The number of amides is 1. The molecule has 0 aliphatic rings. The molecule has 5 nitrogen and oxygen atoms in total. The van der Waals surface area contributed by atoms with E-state index in [1.807, 2.05) is 23.6 Å². The minimum atomic E-state index is -4.62. The smallest absolute Gasteiger partial charge is 0.417 e. The van der Waals surface area contributed by atoms with Crippen molar-refractivity contribution in [2.45, 2.75) is 13.1 Å². The second-order valence-electron chi connectivity index (χ2n) is 6.64. The van der Waals surface area contributed by atoms with Crippen LogP contribution in [-0.2, 0) is 6.18 Å². The molecular weight excluding hydrogens is 395 g/mol. The van der Waals surface area contributed by atoms with Gasteiger partial charge in [0.05, 0.1) is 23.0 Å². The number of alkyl halides is 3. The van der Waals surface area contributed by atoms with E-state index in [9.17, 15) is 18.0 Å². The van der Waals surface area contributed by atoms with Crippen LogP contribution in [0.1, 0.15) is 21.6 Å². The van der Waals surface area contributed by atoms with Crippen molar-refractivity contribution in [3.63, 3.8) is 0 Å². The highest BCUT2D eigenvalue weighted by atomic mass is 19.4. The van der Waals surface area contributed by atoms with Crippen LogP contribution in [0.15, 0.2) is 73.1 Å². The maximum Gasteiger partial charge on any atom is 0.417 e. The molecule has 0 saturated carbocycles. The molecule has 0 unspecified atom stereocenters. The van der Waals surface area contributed by atoms with Gasteiger partial charge in [0.25, 0.3) is 5.91 Å². The van der Waals surface area contributed by atoms with Crippen LogP contribution in [0.25, 0.3) is 5.65 Å². The Kier molecular flexibility index (Phi) is 4.91. The lowest BCUT2D eigenvalue weighted by molar-refractivity contribution is -0.137. The van der Waals surface area contributed by atoms with Crippen molar-refractivity contribution < 1.29 is 22.7 Å². The van der Waals surface area contributed by atoms with Crippen LogP contribution in [0.3, 0.4) is 0 Å². The molecule has 4 aromatic rings. The zero-order valence-electron chi connectivity index (χ0n) is 15.8. The Morgan fingerprint density at radius 2 is 1.80 bits per heavy atom. The fraction of sp³-hybridized carbons (Fsp3) is 0.0909. The fourth-order valence-corrected chi connectivity index (χ4v) is 3.06. The summed E-state index contributed by atoms with van der Waals surface area (Å²) in [6.07, 6.45) is -1.000. The van der Waals surface area contributed by atoms with Gasteiger partial charge in [-0.05, 0) is 43.3 Å². The Hall–Kier alpha value is -3.81. The van der Waals surface area contributed by atoms with E-state index in [0.29, 0.717) is 17.2 Å². The summed E-state index contributed by atoms with van der Waals surface area (Å²) in [7, 11) is 0. The van der Waals surface area contributed by atoms with Gasteiger partial charge in [-0.25, -0.2) is 4.98 Å². The molecule has 30 heavy (non-hydrogen) atoms. The first-order valence-corrected chi connectivity index (χ1v) is 9.00. The summed E-state index contributed by atoms with van der Waals surface area (Å²) in [5.41, 5.74) is 0.533. The zero-order valence-corrected chi connectivity index (χ0v) is 15.8. The SMILES string of the molecule is Cc1cn2cc(Oc3cccc(NC(=O)c4ccccc4C(F)(F)F)c3)ccc2n1. The van der Waals surface area contributed by atoms with Gasteiger partial charge in [-0.1, -0.05) is 18.2 Å². The van der Waals surface area contributed by atoms with Crippen LogP contribution in [-0.4, -0.2) is 15.3 Å². The molecule has 0 spiro atoms. The number of aryl methyl sites for hydroxylation is 1. The highest BCUT2D eigenvalue weighted by molar-refractivity contribution is 6.05. The predicted molar refractivity (Wildman–Crippen MR) is 106 cm³/mol. The van der Waals surface area contributed by atoms with Gasteiger partial charge in [0.1, 0.15) is 17.1 Å². The maximum absolute atomic E-state index is 13.2. The van der Waals surface area contributed by atoms with E-state index in [1.165, 1.54) is 18.2 Å². The molecule has 0 atom stereocenters. The Balaban J connectivity index is 1.54. The Morgan fingerprint density at radius 1 is 1.00 bits per heavy atom. The molecule has 2 aromatic heterocycles. The second-order valence-corrected chi connectivity index (χ2v) is 6.64. The number of hydrogen-bond donors (Lipinski definition) is 1. The quantitative estimate of drug-likeness (QED) is 0.468. The van der Waals surface area contributed by atoms with Crippen molar-refractivity contribution in [3.8, 4) is 11.5 Å². The molecule has 0 bridgehead atoms. The Bertz CT molecular complexity index is 1230. The summed E-state index contributed by atoms with van der Waals surface area (Å²) in [4.78, 5) is 16.8. The zero-order chi connectivity index (χ0) is 21.3. The first-order chi connectivity index (χ1) is 14.3. The summed E-state index contributed by atoms with van der Waals surface area (Å²) >= 11 is 0. The van der Waals surface area contributed by atoms with Gasteiger partial charge in [0, 0.05) is 18.0 Å². The summed E-state index contributed by atoms with van der Waals surface area (Å²) in [6.45, 7) is 1.89. The highest BCUT2D eigenvalue weighted by Gasteiger charge is 2.34. The fourth-order valence-electron chi connectivity index (χ4n) is 3.06. The average molecular weight is 411 g/mol. The van der Waals surface area contributed by atoms with E-state index in [4.69, 9.17) is 4.74 Å². The lowest BCUT2D eigenvalue weighted by atomic mass is 10.1. The molecule has 0 aliphatic heterocycles. The van der Waals surface area contributed by atoms with E-state index in [-0.39, 0.29) is 0 Å². The monoisotopic (exact) mass is 411 g/mol. The third-order valence-electron chi connectivity index (χ3n) is 4.35. The summed E-state index contributed by atoms with van der Waals surface area (Å²) in [6, 6.07) is 14.6. The van der Waals surface area contributed by atoms with Crippen LogP contribution >= 0.6 is 0 Å². The van der Waals surface area contributed by atoms with E-state index < -0.39 is 23.2 Å². The normalized spacial score (nSPS) is 11.5. The van der Waals surface area contributed by atoms with Gasteiger partial charge in [0.15, 0.2) is 0 Å². The van der Waals surface area contributed by atoms with E-state index in [0.717, 1.165) is 23.5 Å².